The topological polar surface area (TPSA) is 48.7 Å². The molecule has 0 aliphatic heterocycles. The van der Waals surface area contributed by atoms with Crippen LogP contribution in [0.2, 0.25) is 0 Å². The second-order valence-electron chi connectivity index (χ2n) is 9.87. The summed E-state index contributed by atoms with van der Waals surface area (Å²) in [5, 5.41) is 13.0. The van der Waals surface area contributed by atoms with Gasteiger partial charge >= 0.3 is 0 Å². The van der Waals surface area contributed by atoms with E-state index in [1.54, 1.807) is 18.3 Å². The first-order chi connectivity index (χ1) is 18.5. The fraction of sp³-hybridized carbons (Fsp3) is 0.265. The summed E-state index contributed by atoms with van der Waals surface area (Å²) in [7, 11) is 0. The maximum Gasteiger partial charge on any atom is 0.124 e. The van der Waals surface area contributed by atoms with Crippen LogP contribution in [0.15, 0.2) is 102 Å². The van der Waals surface area contributed by atoms with Crippen molar-refractivity contribution in [2.24, 2.45) is 5.92 Å². The first kappa shape index (κ1) is 26.9. The van der Waals surface area contributed by atoms with Crippen LogP contribution < -0.4 is 5.32 Å². The van der Waals surface area contributed by atoms with E-state index < -0.39 is 0 Å². The third-order valence-electron chi connectivity index (χ3n) is 7.25. The summed E-state index contributed by atoms with van der Waals surface area (Å²) in [5.74, 6) is 0.0986. The number of nitrogens with zero attached hydrogens (tertiary/aromatic N) is 2. The molecule has 0 bridgehead atoms. The molecular formula is C34H34FN3. The highest BCUT2D eigenvalue weighted by molar-refractivity contribution is 5.82. The van der Waals surface area contributed by atoms with Crippen LogP contribution in [0.4, 0.5) is 4.39 Å². The summed E-state index contributed by atoms with van der Waals surface area (Å²) in [4.78, 5) is 4.21. The zero-order valence-corrected chi connectivity index (χ0v) is 22.2. The molecule has 4 rings (SSSR count). The predicted molar refractivity (Wildman–Crippen MR) is 154 cm³/mol. The zero-order chi connectivity index (χ0) is 26.9. The number of benzene rings is 1. The van der Waals surface area contributed by atoms with E-state index in [1.807, 2.05) is 24.4 Å². The van der Waals surface area contributed by atoms with E-state index in [-0.39, 0.29) is 5.83 Å². The molecule has 1 atom stereocenters. The van der Waals surface area contributed by atoms with Crippen LogP contribution in [0.25, 0.3) is 11.3 Å². The Morgan fingerprint density at radius 1 is 1.29 bits per heavy atom. The van der Waals surface area contributed by atoms with Gasteiger partial charge in [0.1, 0.15) is 5.83 Å². The largest absolute Gasteiger partial charge is 0.381 e. The van der Waals surface area contributed by atoms with Crippen molar-refractivity contribution in [1.29, 1.82) is 5.26 Å². The molecule has 192 valence electrons. The highest BCUT2D eigenvalue weighted by Gasteiger charge is 2.21. The molecule has 0 radical (unpaired) electrons. The first-order valence-electron chi connectivity index (χ1n) is 13.2. The lowest BCUT2D eigenvalue weighted by Gasteiger charge is -2.24. The molecule has 0 spiro atoms. The van der Waals surface area contributed by atoms with Gasteiger partial charge in [-0.15, -0.1) is 5.73 Å². The Morgan fingerprint density at radius 2 is 2.16 bits per heavy atom. The molecule has 3 nitrogen and oxygen atoms in total. The fourth-order valence-corrected chi connectivity index (χ4v) is 5.15. The highest BCUT2D eigenvalue weighted by atomic mass is 19.1. The lowest BCUT2D eigenvalue weighted by atomic mass is 9.80. The number of nitriles is 1. The number of aromatic nitrogens is 1. The van der Waals surface area contributed by atoms with E-state index in [0.717, 1.165) is 53.7 Å². The summed E-state index contributed by atoms with van der Waals surface area (Å²) in [6, 6.07) is 10.7. The van der Waals surface area contributed by atoms with Crippen molar-refractivity contribution in [1.82, 2.24) is 10.3 Å². The maximum absolute atomic E-state index is 13.9. The van der Waals surface area contributed by atoms with Gasteiger partial charge in [0.25, 0.3) is 0 Å². The number of hydrogen-bond acceptors (Lipinski definition) is 3. The van der Waals surface area contributed by atoms with E-state index in [4.69, 9.17) is 0 Å². The zero-order valence-electron chi connectivity index (χ0n) is 22.2. The summed E-state index contributed by atoms with van der Waals surface area (Å²) in [6.45, 7) is 9.38. The van der Waals surface area contributed by atoms with Crippen molar-refractivity contribution < 1.29 is 4.39 Å². The average Bonchev–Trinajstić information content (AvgIpc) is 3.13. The number of hydrogen-bond donors (Lipinski definition) is 1. The quantitative estimate of drug-likeness (QED) is 0.332. The number of rotatable bonds is 10. The smallest absolute Gasteiger partial charge is 0.124 e. The van der Waals surface area contributed by atoms with E-state index in [2.05, 4.69) is 66.8 Å². The second-order valence-corrected chi connectivity index (χ2v) is 9.87. The van der Waals surface area contributed by atoms with E-state index in [0.29, 0.717) is 18.9 Å². The van der Waals surface area contributed by atoms with E-state index in [1.165, 1.54) is 28.3 Å². The molecule has 1 unspecified atom stereocenters. The van der Waals surface area contributed by atoms with Gasteiger partial charge < -0.3 is 5.32 Å². The fourth-order valence-electron chi connectivity index (χ4n) is 5.15. The van der Waals surface area contributed by atoms with Gasteiger partial charge in [0.15, 0.2) is 0 Å². The van der Waals surface area contributed by atoms with Gasteiger partial charge in [-0.3, -0.25) is 4.98 Å². The monoisotopic (exact) mass is 503 g/mol. The SMILES string of the molecule is C=C(NCc1cccnc1)c1ccc(C2=C(CC#N)C(C)CC=C2)c(C)c1CCCC1=CC(F)=CC=C=C1. The molecule has 38 heavy (non-hydrogen) atoms. The minimum atomic E-state index is -0.247. The Labute approximate surface area is 225 Å². The highest BCUT2D eigenvalue weighted by Crippen LogP contribution is 2.37. The predicted octanol–water partition coefficient (Wildman–Crippen LogP) is 8.24. The van der Waals surface area contributed by atoms with Crippen molar-refractivity contribution in [3.8, 4) is 6.07 Å². The summed E-state index contributed by atoms with van der Waals surface area (Å²) in [5.41, 5.74) is 13.0. The minimum absolute atomic E-state index is 0.247. The lowest BCUT2D eigenvalue weighted by Crippen LogP contribution is -2.14. The van der Waals surface area contributed by atoms with Gasteiger partial charge in [-0.05, 0) is 108 Å². The van der Waals surface area contributed by atoms with Crippen molar-refractivity contribution in [3.63, 3.8) is 0 Å². The molecule has 0 amide bonds. The molecule has 1 aromatic heterocycles. The molecule has 0 fully saturated rings. The molecule has 2 aliphatic carbocycles. The van der Waals surface area contributed by atoms with E-state index >= 15 is 0 Å². The first-order valence-corrected chi connectivity index (χ1v) is 13.2. The van der Waals surface area contributed by atoms with Gasteiger partial charge in [0.2, 0.25) is 0 Å². The molecule has 4 heteroatoms. The molecule has 2 aromatic rings. The van der Waals surface area contributed by atoms with Crippen molar-refractivity contribution in [3.05, 3.63) is 130 Å². The molecule has 1 aromatic carbocycles. The van der Waals surface area contributed by atoms with Crippen LogP contribution in [0.1, 0.15) is 60.4 Å². The molecular weight excluding hydrogens is 469 g/mol. The molecule has 0 saturated heterocycles. The second kappa shape index (κ2) is 12.9. The van der Waals surface area contributed by atoms with Gasteiger partial charge in [0.05, 0.1) is 12.5 Å². The van der Waals surface area contributed by atoms with Crippen LogP contribution in [0.5, 0.6) is 0 Å². The van der Waals surface area contributed by atoms with Crippen LogP contribution in [-0.2, 0) is 13.0 Å². The lowest BCUT2D eigenvalue weighted by molar-refractivity contribution is 0.664. The average molecular weight is 504 g/mol. The molecule has 1 heterocycles. The van der Waals surface area contributed by atoms with Crippen molar-refractivity contribution in [2.75, 3.05) is 0 Å². The summed E-state index contributed by atoms with van der Waals surface area (Å²) >= 11 is 0. The van der Waals surface area contributed by atoms with Crippen LogP contribution in [0.3, 0.4) is 0 Å². The number of nitrogens with one attached hydrogen (secondary N) is 1. The maximum atomic E-state index is 13.9. The number of allylic oxidation sites excluding steroid dienone is 9. The Hall–Kier alpha value is -4.19. The standard InChI is InChI=1S/C34H34FN3/c1-24-9-6-15-34(30(24)18-19-36)32-16-17-33(26(3)38-23-28-12-8-20-37-22-28)31(25(32)2)14-7-11-27-10-4-5-13-29(35)21-27/h5-6,8,10,12-13,15-17,20-22,24,38H,3,7,9,11,14,18,23H2,1-2H3. The normalized spacial score (nSPS) is 16.5. The van der Waals surface area contributed by atoms with E-state index in [9.17, 15) is 9.65 Å². The Balaban J connectivity index is 1.66. The summed E-state index contributed by atoms with van der Waals surface area (Å²) < 4.78 is 13.9. The van der Waals surface area contributed by atoms with Gasteiger partial charge in [-0.1, -0.05) is 43.9 Å². The third-order valence-corrected chi connectivity index (χ3v) is 7.25. The van der Waals surface area contributed by atoms with Gasteiger partial charge in [-0.25, -0.2) is 4.39 Å². The van der Waals surface area contributed by atoms with Crippen LogP contribution in [-0.4, -0.2) is 4.98 Å². The number of halogens is 1. The molecule has 2 aliphatic rings. The Kier molecular flexibility index (Phi) is 9.09. The Morgan fingerprint density at radius 3 is 2.95 bits per heavy atom. The third kappa shape index (κ3) is 6.57. The van der Waals surface area contributed by atoms with Crippen LogP contribution >= 0.6 is 0 Å². The minimum Gasteiger partial charge on any atom is -0.381 e. The summed E-state index contributed by atoms with van der Waals surface area (Å²) in [6.07, 6.45) is 18.3. The molecule has 0 saturated carbocycles. The van der Waals surface area contributed by atoms with Crippen LogP contribution in [0, 0.1) is 24.2 Å². The molecule has 1 N–H and O–H groups in total. The van der Waals surface area contributed by atoms with Gasteiger partial charge in [0, 0.05) is 30.2 Å². The van der Waals surface area contributed by atoms with Crippen molar-refractivity contribution in [2.45, 2.75) is 52.5 Å². The van der Waals surface area contributed by atoms with Gasteiger partial charge in [-0.2, -0.15) is 5.26 Å². The number of pyridine rings is 1. The Bertz CT molecular complexity index is 1420. The van der Waals surface area contributed by atoms with Crippen molar-refractivity contribution >= 4 is 11.3 Å².